The number of benzene rings is 1. The van der Waals surface area contributed by atoms with E-state index in [9.17, 15) is 9.70 Å². The van der Waals surface area contributed by atoms with Crippen molar-refractivity contribution in [1.29, 1.82) is 0 Å². The Kier molecular flexibility index (Phi) is 4.47. The summed E-state index contributed by atoms with van der Waals surface area (Å²) in [4.78, 5) is 22.0. The van der Waals surface area contributed by atoms with Crippen LogP contribution in [-0.4, -0.2) is 12.1 Å². The van der Waals surface area contributed by atoms with Crippen LogP contribution >= 0.6 is 0 Å². The van der Waals surface area contributed by atoms with E-state index in [2.05, 4.69) is 10.5 Å². The summed E-state index contributed by atoms with van der Waals surface area (Å²) in [5, 5.41) is 5.43. The lowest BCUT2D eigenvalue weighted by Crippen LogP contribution is -2.32. The molecule has 1 rings (SSSR count). The Bertz CT molecular complexity index is 325. The molecule has 0 saturated heterocycles. The first-order valence-electron chi connectivity index (χ1n) is 4.96. The first-order chi connectivity index (χ1) is 7.27. The van der Waals surface area contributed by atoms with E-state index < -0.39 is 6.17 Å². The highest BCUT2D eigenvalue weighted by Gasteiger charge is 2.12. The fourth-order valence-corrected chi connectivity index (χ4v) is 1.25. The van der Waals surface area contributed by atoms with Gasteiger partial charge in [0.1, 0.15) is 0 Å². The van der Waals surface area contributed by atoms with Crippen LogP contribution in [0.25, 0.3) is 0 Å². The number of hydrogen-bond acceptors (Lipinski definition) is 3. The van der Waals surface area contributed by atoms with E-state index in [4.69, 9.17) is 0 Å². The predicted octanol–water partition coefficient (Wildman–Crippen LogP) is 2.31. The summed E-state index contributed by atoms with van der Waals surface area (Å²) in [6, 6.07) is 8.78. The summed E-state index contributed by atoms with van der Waals surface area (Å²) in [7, 11) is 0. The van der Waals surface area contributed by atoms with E-state index in [-0.39, 0.29) is 5.91 Å². The van der Waals surface area contributed by atoms with Crippen LogP contribution in [0.4, 0.5) is 0 Å². The fourth-order valence-electron chi connectivity index (χ4n) is 1.25. The van der Waals surface area contributed by atoms with E-state index in [1.165, 1.54) is 0 Å². The summed E-state index contributed by atoms with van der Waals surface area (Å²) in [6.07, 6.45) is 0.760. The van der Waals surface area contributed by atoms with Gasteiger partial charge in [-0.15, -0.1) is 4.91 Å². The lowest BCUT2D eigenvalue weighted by Gasteiger charge is -2.09. The Morgan fingerprint density at radius 2 is 2.07 bits per heavy atom. The summed E-state index contributed by atoms with van der Waals surface area (Å²) >= 11 is 0. The van der Waals surface area contributed by atoms with E-state index >= 15 is 0 Å². The van der Waals surface area contributed by atoms with Crippen molar-refractivity contribution >= 4 is 5.91 Å². The lowest BCUT2D eigenvalue weighted by molar-refractivity contribution is 0.0936. The molecule has 0 aliphatic heterocycles. The van der Waals surface area contributed by atoms with Gasteiger partial charge in [0.05, 0.1) is 0 Å². The molecule has 1 N–H and O–H groups in total. The van der Waals surface area contributed by atoms with Crippen molar-refractivity contribution in [1.82, 2.24) is 5.32 Å². The molecule has 1 amide bonds. The van der Waals surface area contributed by atoms with Gasteiger partial charge < -0.3 is 5.32 Å². The predicted molar refractivity (Wildman–Crippen MR) is 58.4 cm³/mol. The molecule has 0 spiro atoms. The SMILES string of the molecule is CCCC(N=O)NC(=O)c1ccccc1. The van der Waals surface area contributed by atoms with Gasteiger partial charge in [-0.25, -0.2) is 0 Å². The molecular weight excluding hydrogens is 192 g/mol. The average molecular weight is 206 g/mol. The van der Waals surface area contributed by atoms with Crippen molar-refractivity contribution in [2.75, 3.05) is 0 Å². The van der Waals surface area contributed by atoms with Crippen LogP contribution in [0, 0.1) is 4.91 Å². The van der Waals surface area contributed by atoms with Gasteiger partial charge in [0.25, 0.3) is 5.91 Å². The second-order valence-electron chi connectivity index (χ2n) is 3.25. The largest absolute Gasteiger partial charge is 0.327 e. The Morgan fingerprint density at radius 3 is 2.60 bits per heavy atom. The Labute approximate surface area is 88.7 Å². The van der Waals surface area contributed by atoms with Gasteiger partial charge >= 0.3 is 0 Å². The minimum Gasteiger partial charge on any atom is -0.327 e. The number of nitroso groups, excluding NO2 is 1. The van der Waals surface area contributed by atoms with Gasteiger partial charge in [0.2, 0.25) is 0 Å². The maximum atomic E-state index is 11.6. The number of rotatable bonds is 5. The van der Waals surface area contributed by atoms with Crippen LogP contribution in [0.3, 0.4) is 0 Å². The second kappa shape index (κ2) is 5.90. The number of nitrogens with one attached hydrogen (secondary N) is 1. The minimum absolute atomic E-state index is 0.256. The highest BCUT2D eigenvalue weighted by molar-refractivity contribution is 5.94. The zero-order valence-electron chi connectivity index (χ0n) is 8.64. The van der Waals surface area contributed by atoms with E-state index in [1.54, 1.807) is 24.3 Å². The molecule has 1 atom stereocenters. The standard InChI is InChI=1S/C11H14N2O2/c1-2-6-10(13-15)12-11(14)9-7-4-3-5-8-9/h3-5,7-8,10H,2,6H2,1H3,(H,12,14). The first-order valence-corrected chi connectivity index (χ1v) is 4.96. The van der Waals surface area contributed by atoms with Gasteiger partial charge in [0, 0.05) is 5.56 Å². The molecule has 1 unspecified atom stereocenters. The highest BCUT2D eigenvalue weighted by Crippen LogP contribution is 2.02. The average Bonchev–Trinajstić information content (AvgIpc) is 2.29. The third-order valence-corrected chi connectivity index (χ3v) is 2.02. The molecule has 0 bridgehead atoms. The Hall–Kier alpha value is -1.71. The second-order valence-corrected chi connectivity index (χ2v) is 3.25. The van der Waals surface area contributed by atoms with E-state index in [1.807, 2.05) is 13.0 Å². The summed E-state index contributed by atoms with van der Waals surface area (Å²) in [6.45, 7) is 1.94. The molecular formula is C11H14N2O2. The van der Waals surface area contributed by atoms with Gasteiger partial charge in [-0.1, -0.05) is 31.5 Å². The quantitative estimate of drug-likeness (QED) is 0.751. The topological polar surface area (TPSA) is 58.5 Å². The monoisotopic (exact) mass is 206 g/mol. The van der Waals surface area contributed by atoms with Crippen molar-refractivity contribution in [2.24, 2.45) is 5.18 Å². The van der Waals surface area contributed by atoms with E-state index in [0.29, 0.717) is 12.0 Å². The molecule has 0 aliphatic carbocycles. The molecule has 1 aromatic carbocycles. The number of hydrogen-bond donors (Lipinski definition) is 1. The summed E-state index contributed by atoms with van der Waals surface area (Å²) in [5.41, 5.74) is 0.544. The smallest absolute Gasteiger partial charge is 0.253 e. The van der Waals surface area contributed by atoms with Crippen LogP contribution in [0.1, 0.15) is 30.1 Å². The molecule has 0 heterocycles. The normalized spacial score (nSPS) is 11.8. The number of carbonyl (C=O) groups is 1. The molecule has 0 radical (unpaired) electrons. The third-order valence-electron chi connectivity index (χ3n) is 2.02. The first kappa shape index (κ1) is 11.4. The van der Waals surface area contributed by atoms with Crippen molar-refractivity contribution < 1.29 is 4.79 Å². The molecule has 4 heteroatoms. The number of amides is 1. The van der Waals surface area contributed by atoms with Gasteiger partial charge in [-0.2, -0.15) is 0 Å². The zero-order chi connectivity index (χ0) is 11.1. The van der Waals surface area contributed by atoms with Gasteiger partial charge in [0.15, 0.2) is 6.17 Å². The molecule has 1 aromatic rings. The fraction of sp³-hybridized carbons (Fsp3) is 0.364. The van der Waals surface area contributed by atoms with Gasteiger partial charge in [-0.05, 0) is 23.7 Å². The van der Waals surface area contributed by atoms with E-state index in [0.717, 1.165) is 6.42 Å². The molecule has 15 heavy (non-hydrogen) atoms. The lowest BCUT2D eigenvalue weighted by atomic mass is 10.2. The third kappa shape index (κ3) is 3.50. The van der Waals surface area contributed by atoms with Crippen molar-refractivity contribution in [2.45, 2.75) is 25.9 Å². The molecule has 0 saturated carbocycles. The van der Waals surface area contributed by atoms with Crippen molar-refractivity contribution in [3.8, 4) is 0 Å². The van der Waals surface area contributed by atoms with Crippen LogP contribution in [0.5, 0.6) is 0 Å². The number of carbonyl (C=O) groups excluding carboxylic acids is 1. The van der Waals surface area contributed by atoms with Crippen molar-refractivity contribution in [3.05, 3.63) is 40.8 Å². The Morgan fingerprint density at radius 1 is 1.40 bits per heavy atom. The van der Waals surface area contributed by atoms with Gasteiger partial charge in [-0.3, -0.25) is 4.79 Å². The summed E-state index contributed by atoms with van der Waals surface area (Å²) in [5.74, 6) is -0.256. The van der Waals surface area contributed by atoms with Crippen LogP contribution < -0.4 is 5.32 Å². The van der Waals surface area contributed by atoms with Crippen LogP contribution in [-0.2, 0) is 0 Å². The molecule has 0 fully saturated rings. The van der Waals surface area contributed by atoms with Crippen molar-refractivity contribution in [3.63, 3.8) is 0 Å². The number of nitrogens with zero attached hydrogens (tertiary/aromatic N) is 1. The Balaban J connectivity index is 2.58. The summed E-state index contributed by atoms with van der Waals surface area (Å²) < 4.78 is 0. The minimum atomic E-state index is -0.622. The molecule has 4 nitrogen and oxygen atoms in total. The molecule has 80 valence electrons. The highest BCUT2D eigenvalue weighted by atomic mass is 16.3. The molecule has 0 aromatic heterocycles. The maximum Gasteiger partial charge on any atom is 0.253 e. The zero-order valence-corrected chi connectivity index (χ0v) is 8.64. The van der Waals surface area contributed by atoms with Crippen LogP contribution in [0.2, 0.25) is 0 Å². The molecule has 0 aliphatic rings. The maximum absolute atomic E-state index is 11.6. The van der Waals surface area contributed by atoms with Crippen LogP contribution in [0.15, 0.2) is 35.5 Å².